The molecular formula is C16H21ClN2O. The third-order valence-electron chi connectivity index (χ3n) is 3.47. The Morgan fingerprint density at radius 1 is 1.35 bits per heavy atom. The molecule has 1 heterocycles. The van der Waals surface area contributed by atoms with E-state index in [1.807, 2.05) is 24.3 Å². The first kappa shape index (κ1) is 15.1. The zero-order chi connectivity index (χ0) is 14.8. The molecule has 0 radical (unpaired) electrons. The van der Waals surface area contributed by atoms with Crippen LogP contribution in [0, 0.1) is 0 Å². The first-order chi connectivity index (χ1) is 9.43. The van der Waals surface area contributed by atoms with Crippen LogP contribution in [0.25, 0.3) is 10.9 Å². The first-order valence-electron chi connectivity index (χ1n) is 6.78. The van der Waals surface area contributed by atoms with Gasteiger partial charge < -0.3 is 10.1 Å². The Labute approximate surface area is 125 Å². The minimum Gasteiger partial charge on any atom is -0.382 e. The number of fused-ring (bicyclic) bond motifs is 1. The molecule has 0 spiro atoms. The summed E-state index contributed by atoms with van der Waals surface area (Å²) in [7, 11) is 1.74. The second-order valence-electron chi connectivity index (χ2n) is 5.71. The van der Waals surface area contributed by atoms with Crippen molar-refractivity contribution in [3.63, 3.8) is 0 Å². The smallest absolute Gasteiger partial charge is 0.0908 e. The second-order valence-corrected chi connectivity index (χ2v) is 6.12. The Hall–Kier alpha value is -1.32. The number of nitrogens with one attached hydrogen (secondary N) is 1. The first-order valence-corrected chi connectivity index (χ1v) is 7.15. The third-order valence-corrected chi connectivity index (χ3v) is 3.78. The number of aromatic nitrogens is 1. The van der Waals surface area contributed by atoms with Crippen LogP contribution in [-0.2, 0) is 4.74 Å². The highest BCUT2D eigenvalue weighted by Crippen LogP contribution is 2.29. The average molecular weight is 293 g/mol. The number of rotatable bonds is 5. The maximum Gasteiger partial charge on any atom is 0.0908 e. The molecule has 0 bridgehead atoms. The molecule has 1 aromatic carbocycles. The fraction of sp³-hybridized carbons (Fsp3) is 0.438. The van der Waals surface area contributed by atoms with Crippen molar-refractivity contribution in [3.05, 3.63) is 35.5 Å². The lowest BCUT2D eigenvalue weighted by Crippen LogP contribution is -2.31. The lowest BCUT2D eigenvalue weighted by molar-refractivity contribution is 0.0128. The fourth-order valence-electron chi connectivity index (χ4n) is 2.40. The molecule has 0 saturated heterocycles. The van der Waals surface area contributed by atoms with Crippen LogP contribution in [-0.4, -0.2) is 23.7 Å². The predicted octanol–water partition coefficient (Wildman–Crippen LogP) is 4.50. The Kier molecular flexibility index (Phi) is 4.51. The van der Waals surface area contributed by atoms with Gasteiger partial charge in [0.15, 0.2) is 0 Å². The standard InChI is InChI=1S/C16H21ClN2O/c1-11(10-16(2,3)20-4)19-14-8-7-13(17)15-12(14)6-5-9-18-15/h5-9,11,19H,10H2,1-4H3. The fourth-order valence-corrected chi connectivity index (χ4v) is 2.61. The summed E-state index contributed by atoms with van der Waals surface area (Å²) in [5.41, 5.74) is 1.74. The quantitative estimate of drug-likeness (QED) is 0.881. The lowest BCUT2D eigenvalue weighted by atomic mass is 9.99. The van der Waals surface area contributed by atoms with Gasteiger partial charge in [-0.2, -0.15) is 0 Å². The second kappa shape index (κ2) is 5.98. The summed E-state index contributed by atoms with van der Waals surface area (Å²) in [5.74, 6) is 0. The molecule has 0 aliphatic heterocycles. The minimum absolute atomic E-state index is 0.146. The van der Waals surface area contributed by atoms with E-state index in [1.165, 1.54) is 0 Å². The molecule has 108 valence electrons. The Bertz CT molecular complexity index is 598. The molecule has 2 aromatic rings. The van der Waals surface area contributed by atoms with Gasteiger partial charge in [-0.15, -0.1) is 0 Å². The van der Waals surface area contributed by atoms with E-state index in [0.717, 1.165) is 23.0 Å². The Balaban J connectivity index is 2.24. The number of halogens is 1. The van der Waals surface area contributed by atoms with Gasteiger partial charge in [0.25, 0.3) is 0 Å². The number of pyridine rings is 1. The molecule has 4 heteroatoms. The molecule has 1 atom stereocenters. The van der Waals surface area contributed by atoms with Crippen LogP contribution in [0.5, 0.6) is 0 Å². The molecule has 0 saturated carbocycles. The number of benzene rings is 1. The van der Waals surface area contributed by atoms with Gasteiger partial charge in [-0.1, -0.05) is 11.6 Å². The van der Waals surface area contributed by atoms with Crippen molar-refractivity contribution in [2.45, 2.75) is 38.8 Å². The number of ether oxygens (including phenoxy) is 1. The van der Waals surface area contributed by atoms with Gasteiger partial charge in [0.2, 0.25) is 0 Å². The minimum atomic E-state index is -0.146. The monoisotopic (exact) mass is 292 g/mol. The van der Waals surface area contributed by atoms with Crippen LogP contribution < -0.4 is 5.32 Å². The van der Waals surface area contributed by atoms with Gasteiger partial charge >= 0.3 is 0 Å². The third kappa shape index (κ3) is 3.41. The number of nitrogens with zero attached hydrogens (tertiary/aromatic N) is 1. The van der Waals surface area contributed by atoms with Crippen LogP contribution in [0.1, 0.15) is 27.2 Å². The lowest BCUT2D eigenvalue weighted by Gasteiger charge is -2.28. The van der Waals surface area contributed by atoms with Crippen molar-refractivity contribution in [2.75, 3.05) is 12.4 Å². The van der Waals surface area contributed by atoms with Crippen molar-refractivity contribution >= 4 is 28.2 Å². The van der Waals surface area contributed by atoms with Gasteiger partial charge in [0.05, 0.1) is 16.1 Å². The van der Waals surface area contributed by atoms with Gasteiger partial charge in [-0.05, 0) is 51.5 Å². The van der Waals surface area contributed by atoms with Crippen molar-refractivity contribution < 1.29 is 4.74 Å². The molecule has 0 fully saturated rings. The molecule has 3 nitrogen and oxygen atoms in total. The van der Waals surface area contributed by atoms with E-state index in [2.05, 4.69) is 31.1 Å². The summed E-state index contributed by atoms with van der Waals surface area (Å²) in [5, 5.41) is 5.24. The summed E-state index contributed by atoms with van der Waals surface area (Å²) in [6.45, 7) is 6.33. The van der Waals surface area contributed by atoms with Crippen LogP contribution in [0.4, 0.5) is 5.69 Å². The number of hydrogen-bond donors (Lipinski definition) is 1. The molecule has 1 aromatic heterocycles. The zero-order valence-corrected chi connectivity index (χ0v) is 13.2. The molecule has 0 amide bonds. The molecule has 0 aliphatic carbocycles. The zero-order valence-electron chi connectivity index (χ0n) is 12.4. The summed E-state index contributed by atoms with van der Waals surface area (Å²) in [4.78, 5) is 4.34. The number of methoxy groups -OCH3 is 1. The molecule has 1 unspecified atom stereocenters. The average Bonchev–Trinajstić information content (AvgIpc) is 2.42. The summed E-state index contributed by atoms with van der Waals surface area (Å²) >= 11 is 6.18. The molecule has 2 rings (SSSR count). The summed E-state index contributed by atoms with van der Waals surface area (Å²) in [6.07, 6.45) is 2.67. The SMILES string of the molecule is COC(C)(C)CC(C)Nc1ccc(Cl)c2ncccc12. The predicted molar refractivity (Wildman–Crippen MR) is 85.5 cm³/mol. The number of hydrogen-bond acceptors (Lipinski definition) is 3. The van der Waals surface area contributed by atoms with E-state index in [4.69, 9.17) is 16.3 Å². The van der Waals surface area contributed by atoms with Gasteiger partial charge in [0.1, 0.15) is 0 Å². The maximum atomic E-state index is 6.18. The number of anilines is 1. The molecule has 0 aliphatic rings. The molecule has 1 N–H and O–H groups in total. The van der Waals surface area contributed by atoms with Crippen molar-refractivity contribution in [2.24, 2.45) is 0 Å². The van der Waals surface area contributed by atoms with E-state index in [9.17, 15) is 0 Å². The highest BCUT2D eigenvalue weighted by atomic mass is 35.5. The highest BCUT2D eigenvalue weighted by Gasteiger charge is 2.20. The molecular weight excluding hydrogens is 272 g/mol. The highest BCUT2D eigenvalue weighted by molar-refractivity contribution is 6.35. The van der Waals surface area contributed by atoms with E-state index in [1.54, 1.807) is 13.3 Å². The van der Waals surface area contributed by atoms with E-state index in [0.29, 0.717) is 5.02 Å². The van der Waals surface area contributed by atoms with Crippen molar-refractivity contribution in [3.8, 4) is 0 Å². The van der Waals surface area contributed by atoms with Crippen LogP contribution in [0.15, 0.2) is 30.5 Å². The Morgan fingerprint density at radius 2 is 2.10 bits per heavy atom. The van der Waals surface area contributed by atoms with E-state index < -0.39 is 0 Å². The normalized spacial score (nSPS) is 13.4. The van der Waals surface area contributed by atoms with Crippen LogP contribution in [0.3, 0.4) is 0 Å². The topological polar surface area (TPSA) is 34.1 Å². The largest absolute Gasteiger partial charge is 0.382 e. The Morgan fingerprint density at radius 3 is 2.80 bits per heavy atom. The van der Waals surface area contributed by atoms with Gasteiger partial charge in [-0.25, -0.2) is 0 Å². The summed E-state index contributed by atoms with van der Waals surface area (Å²) < 4.78 is 5.48. The van der Waals surface area contributed by atoms with E-state index in [-0.39, 0.29) is 11.6 Å². The van der Waals surface area contributed by atoms with Gasteiger partial charge in [0, 0.05) is 30.4 Å². The van der Waals surface area contributed by atoms with Crippen LogP contribution in [0.2, 0.25) is 5.02 Å². The van der Waals surface area contributed by atoms with E-state index >= 15 is 0 Å². The molecule has 20 heavy (non-hydrogen) atoms. The van der Waals surface area contributed by atoms with Crippen LogP contribution >= 0.6 is 11.6 Å². The van der Waals surface area contributed by atoms with Gasteiger partial charge in [-0.3, -0.25) is 4.98 Å². The summed E-state index contributed by atoms with van der Waals surface area (Å²) in [6, 6.07) is 8.13. The van der Waals surface area contributed by atoms with Crippen molar-refractivity contribution in [1.82, 2.24) is 4.98 Å². The van der Waals surface area contributed by atoms with Crippen molar-refractivity contribution in [1.29, 1.82) is 0 Å². The maximum absolute atomic E-state index is 6.18.